The molecule has 0 bridgehead atoms. The number of ether oxygens (including phenoxy) is 1. The predicted molar refractivity (Wildman–Crippen MR) is 57.5 cm³/mol. The van der Waals surface area contributed by atoms with E-state index < -0.39 is 0 Å². The Morgan fingerprint density at radius 3 is 3.21 bits per heavy atom. The van der Waals surface area contributed by atoms with Crippen LogP contribution in [0.4, 0.5) is 0 Å². The van der Waals surface area contributed by atoms with Gasteiger partial charge in [0.25, 0.3) is 0 Å². The van der Waals surface area contributed by atoms with Gasteiger partial charge < -0.3 is 10.5 Å². The molecule has 4 heteroatoms. The van der Waals surface area contributed by atoms with E-state index in [4.69, 9.17) is 10.5 Å². The maximum atomic E-state index is 6.06. The number of aryl methyl sites for hydroxylation is 1. The third-order valence-corrected chi connectivity index (χ3v) is 3.38. The van der Waals surface area contributed by atoms with Crippen LogP contribution in [-0.2, 0) is 11.2 Å². The second-order valence-corrected chi connectivity index (χ2v) is 4.84. The van der Waals surface area contributed by atoms with E-state index in [9.17, 15) is 0 Å². The van der Waals surface area contributed by atoms with Crippen LogP contribution in [0.2, 0.25) is 0 Å². The minimum absolute atomic E-state index is 0.110. The summed E-state index contributed by atoms with van der Waals surface area (Å²) in [4.78, 5) is 4.41. The van der Waals surface area contributed by atoms with E-state index in [2.05, 4.69) is 10.4 Å². The SMILES string of the molecule is Cc1nc(CC(N)C2CCCO2)cs1. The maximum absolute atomic E-state index is 6.06. The Bertz CT molecular complexity index is 294. The van der Waals surface area contributed by atoms with Gasteiger partial charge in [0.15, 0.2) is 0 Å². The van der Waals surface area contributed by atoms with Gasteiger partial charge in [-0.25, -0.2) is 4.98 Å². The van der Waals surface area contributed by atoms with E-state index in [0.717, 1.165) is 36.6 Å². The molecule has 2 unspecified atom stereocenters. The van der Waals surface area contributed by atoms with Gasteiger partial charge >= 0.3 is 0 Å². The molecule has 1 aromatic heterocycles. The number of hydrogen-bond acceptors (Lipinski definition) is 4. The molecule has 2 N–H and O–H groups in total. The third kappa shape index (κ3) is 2.32. The van der Waals surface area contributed by atoms with Gasteiger partial charge in [0.2, 0.25) is 0 Å². The first kappa shape index (κ1) is 10.1. The lowest BCUT2D eigenvalue weighted by molar-refractivity contribution is 0.0898. The van der Waals surface area contributed by atoms with Crippen LogP contribution in [0, 0.1) is 6.92 Å². The molecule has 2 heterocycles. The van der Waals surface area contributed by atoms with Gasteiger partial charge in [-0.15, -0.1) is 11.3 Å². The Kier molecular flexibility index (Phi) is 3.15. The number of nitrogens with zero attached hydrogens (tertiary/aromatic N) is 1. The lowest BCUT2D eigenvalue weighted by atomic mass is 10.0. The summed E-state index contributed by atoms with van der Waals surface area (Å²) in [6.45, 7) is 2.89. The smallest absolute Gasteiger partial charge is 0.0897 e. The lowest BCUT2D eigenvalue weighted by Crippen LogP contribution is -2.36. The highest BCUT2D eigenvalue weighted by Crippen LogP contribution is 2.18. The summed E-state index contributed by atoms with van der Waals surface area (Å²) in [5.74, 6) is 0. The quantitative estimate of drug-likeness (QED) is 0.826. The Morgan fingerprint density at radius 1 is 1.79 bits per heavy atom. The molecular weight excluding hydrogens is 196 g/mol. The van der Waals surface area contributed by atoms with Crippen LogP contribution >= 0.6 is 11.3 Å². The molecule has 0 amide bonds. The van der Waals surface area contributed by atoms with Gasteiger partial charge in [0.05, 0.1) is 16.8 Å². The summed E-state index contributed by atoms with van der Waals surface area (Å²) in [6.07, 6.45) is 3.34. The number of nitrogens with two attached hydrogens (primary N) is 1. The largest absolute Gasteiger partial charge is 0.377 e. The molecule has 1 aliphatic rings. The van der Waals surface area contributed by atoms with Gasteiger partial charge in [-0.05, 0) is 19.8 Å². The van der Waals surface area contributed by atoms with Crippen LogP contribution in [-0.4, -0.2) is 23.7 Å². The number of rotatable bonds is 3. The summed E-state index contributed by atoms with van der Waals surface area (Å²) in [5, 5.41) is 3.20. The monoisotopic (exact) mass is 212 g/mol. The van der Waals surface area contributed by atoms with E-state index in [-0.39, 0.29) is 12.1 Å². The molecule has 0 saturated carbocycles. The summed E-state index contributed by atoms with van der Waals surface area (Å²) in [5.41, 5.74) is 7.17. The Hall–Kier alpha value is -0.450. The Balaban J connectivity index is 1.90. The highest BCUT2D eigenvalue weighted by Gasteiger charge is 2.23. The van der Waals surface area contributed by atoms with Crippen molar-refractivity contribution in [2.75, 3.05) is 6.61 Å². The zero-order valence-electron chi connectivity index (χ0n) is 8.40. The van der Waals surface area contributed by atoms with Crippen molar-refractivity contribution in [2.45, 2.75) is 38.3 Å². The van der Waals surface area contributed by atoms with Crippen molar-refractivity contribution < 1.29 is 4.74 Å². The van der Waals surface area contributed by atoms with Crippen LogP contribution in [0.5, 0.6) is 0 Å². The van der Waals surface area contributed by atoms with Gasteiger partial charge in [0, 0.05) is 24.4 Å². The number of thiazole rings is 1. The van der Waals surface area contributed by atoms with Gasteiger partial charge in [-0.2, -0.15) is 0 Å². The molecule has 2 rings (SSSR count). The minimum atomic E-state index is 0.110. The molecule has 78 valence electrons. The van der Waals surface area contributed by atoms with E-state index in [1.807, 2.05) is 6.92 Å². The fourth-order valence-electron chi connectivity index (χ4n) is 1.82. The zero-order valence-corrected chi connectivity index (χ0v) is 9.22. The van der Waals surface area contributed by atoms with Crippen molar-refractivity contribution in [2.24, 2.45) is 5.73 Å². The molecule has 0 radical (unpaired) electrons. The molecule has 1 aliphatic heterocycles. The molecule has 0 spiro atoms. The average molecular weight is 212 g/mol. The fourth-order valence-corrected chi connectivity index (χ4v) is 2.44. The summed E-state index contributed by atoms with van der Waals surface area (Å²) >= 11 is 1.68. The van der Waals surface area contributed by atoms with Crippen LogP contribution in [0.25, 0.3) is 0 Å². The van der Waals surface area contributed by atoms with E-state index >= 15 is 0 Å². The van der Waals surface area contributed by atoms with Crippen molar-refractivity contribution in [1.82, 2.24) is 4.98 Å². The molecule has 0 aliphatic carbocycles. The van der Waals surface area contributed by atoms with Crippen molar-refractivity contribution in [3.8, 4) is 0 Å². The van der Waals surface area contributed by atoms with Gasteiger partial charge in [0.1, 0.15) is 0 Å². The molecule has 3 nitrogen and oxygen atoms in total. The maximum Gasteiger partial charge on any atom is 0.0897 e. The van der Waals surface area contributed by atoms with Gasteiger partial charge in [-0.3, -0.25) is 0 Å². The first-order chi connectivity index (χ1) is 6.75. The molecule has 2 atom stereocenters. The number of hydrogen-bond donors (Lipinski definition) is 1. The second-order valence-electron chi connectivity index (χ2n) is 3.78. The Labute approximate surface area is 88.3 Å². The summed E-state index contributed by atoms with van der Waals surface area (Å²) < 4.78 is 5.54. The molecule has 1 fully saturated rings. The van der Waals surface area contributed by atoms with Crippen molar-refractivity contribution in [3.63, 3.8) is 0 Å². The molecule has 1 aromatic rings. The van der Waals surface area contributed by atoms with Crippen molar-refractivity contribution in [3.05, 3.63) is 16.1 Å². The van der Waals surface area contributed by atoms with Crippen LogP contribution in [0.1, 0.15) is 23.5 Å². The van der Waals surface area contributed by atoms with Crippen LogP contribution in [0.15, 0.2) is 5.38 Å². The first-order valence-electron chi connectivity index (χ1n) is 5.04. The standard InChI is InChI=1S/C10H16N2OS/c1-7-12-8(6-14-7)5-9(11)10-3-2-4-13-10/h6,9-10H,2-5,11H2,1H3. The predicted octanol–water partition coefficient (Wildman–Crippen LogP) is 1.50. The second kappa shape index (κ2) is 4.38. The summed E-state index contributed by atoms with van der Waals surface area (Å²) in [6, 6.07) is 0.110. The van der Waals surface area contributed by atoms with Crippen LogP contribution in [0.3, 0.4) is 0 Å². The zero-order chi connectivity index (χ0) is 9.97. The minimum Gasteiger partial charge on any atom is -0.377 e. The highest BCUT2D eigenvalue weighted by atomic mass is 32.1. The topological polar surface area (TPSA) is 48.1 Å². The molecule has 0 aromatic carbocycles. The van der Waals surface area contributed by atoms with Crippen molar-refractivity contribution in [1.29, 1.82) is 0 Å². The average Bonchev–Trinajstić information content (AvgIpc) is 2.75. The van der Waals surface area contributed by atoms with Crippen molar-refractivity contribution >= 4 is 11.3 Å². The lowest BCUT2D eigenvalue weighted by Gasteiger charge is -2.17. The van der Waals surface area contributed by atoms with E-state index in [1.54, 1.807) is 11.3 Å². The van der Waals surface area contributed by atoms with Crippen LogP contribution < -0.4 is 5.73 Å². The highest BCUT2D eigenvalue weighted by molar-refractivity contribution is 7.09. The summed E-state index contributed by atoms with van der Waals surface area (Å²) in [7, 11) is 0. The van der Waals surface area contributed by atoms with E-state index in [0.29, 0.717) is 0 Å². The normalized spacial score (nSPS) is 24.0. The third-order valence-electron chi connectivity index (χ3n) is 2.55. The van der Waals surface area contributed by atoms with Gasteiger partial charge in [-0.1, -0.05) is 0 Å². The molecular formula is C10H16N2OS. The van der Waals surface area contributed by atoms with E-state index in [1.165, 1.54) is 0 Å². The number of aromatic nitrogens is 1. The molecule has 1 saturated heterocycles. The fraction of sp³-hybridized carbons (Fsp3) is 0.700. The first-order valence-corrected chi connectivity index (χ1v) is 5.92. The molecule has 14 heavy (non-hydrogen) atoms. The Morgan fingerprint density at radius 2 is 2.64 bits per heavy atom.